The smallest absolute Gasteiger partial charge is 0.238 e. The number of carbonyl (C=O) groups is 1. The fraction of sp³-hybridized carbons (Fsp3) is 0.188. The van der Waals surface area contributed by atoms with Crippen LogP contribution in [0.2, 0.25) is 0 Å². The summed E-state index contributed by atoms with van der Waals surface area (Å²) in [5.41, 5.74) is 1.28. The predicted octanol–water partition coefficient (Wildman–Crippen LogP) is 2.42. The van der Waals surface area contributed by atoms with Crippen LogP contribution in [0.4, 0.5) is 11.4 Å². The van der Waals surface area contributed by atoms with E-state index >= 15 is 0 Å². The van der Waals surface area contributed by atoms with E-state index in [1.165, 1.54) is 0 Å². The van der Waals surface area contributed by atoms with Gasteiger partial charge in [0.05, 0.1) is 14.2 Å². The lowest BCUT2D eigenvalue weighted by molar-refractivity contribution is -0.113. The van der Waals surface area contributed by atoms with Crippen LogP contribution in [0.5, 0.6) is 11.5 Å². The molecule has 2 rings (SSSR count). The van der Waals surface area contributed by atoms with E-state index in [2.05, 4.69) is 10.0 Å². The van der Waals surface area contributed by atoms with Gasteiger partial charge < -0.3 is 19.5 Å². The molecule has 122 valence electrons. The molecule has 0 fully saturated rings. The average molecular weight is 334 g/mol. The van der Waals surface area contributed by atoms with Crippen LogP contribution in [0, 0.1) is 0 Å². The van der Waals surface area contributed by atoms with Crippen LogP contribution in [-0.2, 0) is 15.8 Å². The average Bonchev–Trinajstić information content (AvgIpc) is 2.56. The maximum absolute atomic E-state index is 12.0. The molecule has 2 aromatic rings. The quantitative estimate of drug-likeness (QED) is 0.815. The van der Waals surface area contributed by atoms with Gasteiger partial charge in [-0.2, -0.15) is 0 Å². The van der Waals surface area contributed by atoms with E-state index in [-0.39, 0.29) is 11.7 Å². The molecular weight excluding hydrogens is 316 g/mol. The minimum absolute atomic E-state index is 0.155. The van der Waals surface area contributed by atoms with Gasteiger partial charge in [0, 0.05) is 11.4 Å². The molecule has 0 saturated heterocycles. The van der Waals surface area contributed by atoms with Crippen molar-refractivity contribution in [2.45, 2.75) is 0 Å². The molecule has 1 unspecified atom stereocenters. The van der Waals surface area contributed by atoms with Crippen molar-refractivity contribution in [1.82, 2.24) is 0 Å². The van der Waals surface area contributed by atoms with Gasteiger partial charge in [-0.05, 0) is 48.5 Å². The van der Waals surface area contributed by atoms with E-state index in [0.717, 1.165) is 0 Å². The zero-order valence-electron chi connectivity index (χ0n) is 12.9. The molecule has 23 heavy (non-hydrogen) atoms. The summed E-state index contributed by atoms with van der Waals surface area (Å²) >= 11 is 0. The topological polar surface area (TPSA) is 76.7 Å². The van der Waals surface area contributed by atoms with E-state index in [9.17, 15) is 9.00 Å². The molecule has 0 aliphatic rings. The first-order valence-electron chi connectivity index (χ1n) is 6.83. The molecule has 0 saturated carbocycles. The molecule has 1 atom stereocenters. The number of nitrogens with one attached hydrogen (secondary N) is 2. The normalized spacial score (nSPS) is 11.4. The molecule has 0 aliphatic heterocycles. The summed E-state index contributed by atoms with van der Waals surface area (Å²) in [6.07, 6.45) is 0. The first-order chi connectivity index (χ1) is 11.1. The molecule has 7 heteroatoms. The third kappa shape index (κ3) is 5.30. The third-order valence-corrected chi connectivity index (χ3v) is 3.95. The molecule has 0 heterocycles. The van der Waals surface area contributed by atoms with Crippen molar-refractivity contribution in [3.8, 4) is 11.5 Å². The Balaban J connectivity index is 1.84. The number of hydrogen-bond acceptors (Lipinski definition) is 4. The van der Waals surface area contributed by atoms with Gasteiger partial charge in [0.25, 0.3) is 0 Å². The van der Waals surface area contributed by atoms with Crippen LogP contribution in [0.3, 0.4) is 0 Å². The van der Waals surface area contributed by atoms with Crippen molar-refractivity contribution in [1.29, 1.82) is 0 Å². The molecule has 2 N–H and O–H groups in total. The zero-order valence-corrected chi connectivity index (χ0v) is 13.7. The number of benzene rings is 2. The molecule has 2 aromatic carbocycles. The van der Waals surface area contributed by atoms with Crippen molar-refractivity contribution >= 4 is 28.3 Å². The monoisotopic (exact) mass is 334 g/mol. The van der Waals surface area contributed by atoms with Crippen molar-refractivity contribution in [2.24, 2.45) is 0 Å². The van der Waals surface area contributed by atoms with Gasteiger partial charge in [0.1, 0.15) is 28.2 Å². The second kappa shape index (κ2) is 8.19. The summed E-state index contributed by atoms with van der Waals surface area (Å²) in [5, 5.41) is 2.68. The van der Waals surface area contributed by atoms with Gasteiger partial charge >= 0.3 is 0 Å². The minimum Gasteiger partial charge on any atom is -0.497 e. The number of ether oxygens (including phenoxy) is 2. The Labute approximate surface area is 137 Å². The molecule has 0 radical (unpaired) electrons. The molecule has 1 amide bonds. The molecule has 6 nitrogen and oxygen atoms in total. The van der Waals surface area contributed by atoms with Crippen LogP contribution >= 0.6 is 0 Å². The third-order valence-electron chi connectivity index (χ3n) is 2.96. The van der Waals surface area contributed by atoms with E-state index in [1.807, 2.05) is 0 Å². The highest BCUT2D eigenvalue weighted by atomic mass is 32.2. The van der Waals surface area contributed by atoms with Gasteiger partial charge in [0.15, 0.2) is 0 Å². The van der Waals surface area contributed by atoms with E-state index < -0.39 is 11.0 Å². The van der Waals surface area contributed by atoms with Gasteiger partial charge in [-0.1, -0.05) is 0 Å². The van der Waals surface area contributed by atoms with Crippen LogP contribution < -0.4 is 19.5 Å². The van der Waals surface area contributed by atoms with E-state index in [4.69, 9.17) is 9.47 Å². The Morgan fingerprint density at radius 3 is 1.87 bits per heavy atom. The summed E-state index contributed by atoms with van der Waals surface area (Å²) in [4.78, 5) is 11.9. The van der Waals surface area contributed by atoms with Crippen LogP contribution in [0.25, 0.3) is 0 Å². The number of amides is 1. The first kappa shape index (κ1) is 16.8. The maximum atomic E-state index is 12.0. The lowest BCUT2D eigenvalue weighted by atomic mass is 10.3. The molecular formula is C16H18N2O4S. The zero-order chi connectivity index (χ0) is 16.7. The Bertz CT molecular complexity index is 612. The Kier molecular flexibility index (Phi) is 5.99. The van der Waals surface area contributed by atoms with Crippen LogP contribution in [0.1, 0.15) is 0 Å². The predicted molar refractivity (Wildman–Crippen MR) is 91.2 cm³/mol. The largest absolute Gasteiger partial charge is 0.497 e. The van der Waals surface area contributed by atoms with Gasteiger partial charge in [-0.15, -0.1) is 0 Å². The Hall–Kier alpha value is -2.54. The maximum Gasteiger partial charge on any atom is 0.238 e. The summed E-state index contributed by atoms with van der Waals surface area (Å²) < 4.78 is 24.8. The van der Waals surface area contributed by atoms with E-state index in [0.29, 0.717) is 22.9 Å². The Morgan fingerprint density at radius 1 is 0.913 bits per heavy atom. The molecule has 0 aromatic heterocycles. The number of carbonyl (C=O) groups excluding carboxylic acids is 1. The van der Waals surface area contributed by atoms with Crippen molar-refractivity contribution in [2.75, 3.05) is 30.0 Å². The number of anilines is 2. The number of methoxy groups -OCH3 is 2. The fourth-order valence-electron chi connectivity index (χ4n) is 1.82. The minimum atomic E-state index is -1.52. The van der Waals surface area contributed by atoms with Crippen molar-refractivity contribution in [3.05, 3.63) is 48.5 Å². The van der Waals surface area contributed by atoms with Crippen molar-refractivity contribution < 1.29 is 18.5 Å². The highest BCUT2D eigenvalue weighted by molar-refractivity contribution is 7.87. The SMILES string of the molecule is COc1ccc(NC(=O)CS(=O)Nc2ccc(OC)cc2)cc1. The van der Waals surface area contributed by atoms with Gasteiger partial charge in [0.2, 0.25) is 5.91 Å². The van der Waals surface area contributed by atoms with Gasteiger partial charge in [-0.25, -0.2) is 4.21 Å². The highest BCUT2D eigenvalue weighted by Gasteiger charge is 2.09. The van der Waals surface area contributed by atoms with Crippen molar-refractivity contribution in [3.63, 3.8) is 0 Å². The summed E-state index contributed by atoms with van der Waals surface area (Å²) in [6, 6.07) is 13.9. The molecule has 0 aliphatic carbocycles. The van der Waals surface area contributed by atoms with Gasteiger partial charge in [-0.3, -0.25) is 4.79 Å². The van der Waals surface area contributed by atoms with Crippen LogP contribution in [-0.4, -0.2) is 30.1 Å². The lowest BCUT2D eigenvalue weighted by Gasteiger charge is -2.08. The van der Waals surface area contributed by atoms with E-state index in [1.54, 1.807) is 62.8 Å². The lowest BCUT2D eigenvalue weighted by Crippen LogP contribution is -2.22. The fourth-order valence-corrected chi connectivity index (χ4v) is 2.60. The summed E-state index contributed by atoms with van der Waals surface area (Å²) in [5.74, 6) is 0.916. The number of hydrogen-bond donors (Lipinski definition) is 2. The summed E-state index contributed by atoms with van der Waals surface area (Å²) in [7, 11) is 1.63. The van der Waals surface area contributed by atoms with Crippen LogP contribution in [0.15, 0.2) is 48.5 Å². The second-order valence-electron chi connectivity index (χ2n) is 4.60. The standard InChI is InChI=1S/C16H18N2O4S/c1-21-14-7-3-12(4-8-14)17-16(19)11-23(20)18-13-5-9-15(22-2)10-6-13/h3-10,18H,11H2,1-2H3,(H,17,19). The molecule has 0 bridgehead atoms. The summed E-state index contributed by atoms with van der Waals surface area (Å²) in [6.45, 7) is 0. The second-order valence-corrected chi connectivity index (χ2v) is 5.78. The Morgan fingerprint density at radius 2 is 1.39 bits per heavy atom. The molecule has 0 spiro atoms. The highest BCUT2D eigenvalue weighted by Crippen LogP contribution is 2.16. The first-order valence-corrected chi connectivity index (χ1v) is 8.15. The number of rotatable bonds is 7.